The number of nitrogens with zero attached hydrogens (tertiary/aromatic N) is 2. The molecule has 0 saturated carbocycles. The second-order valence-electron chi connectivity index (χ2n) is 5.68. The molecule has 0 radical (unpaired) electrons. The van der Waals surface area contributed by atoms with Gasteiger partial charge in [-0.15, -0.1) is 0 Å². The van der Waals surface area contributed by atoms with Crippen LogP contribution in [0.1, 0.15) is 19.3 Å². The summed E-state index contributed by atoms with van der Waals surface area (Å²) in [5, 5.41) is 7.22. The fraction of sp³-hybridized carbons (Fsp3) is 0.412. The summed E-state index contributed by atoms with van der Waals surface area (Å²) in [5.74, 6) is 3.61. The van der Waals surface area contributed by atoms with Gasteiger partial charge in [-0.2, -0.15) is 16.9 Å². The zero-order valence-electron chi connectivity index (χ0n) is 13.2. The van der Waals surface area contributed by atoms with Crippen molar-refractivity contribution in [2.45, 2.75) is 19.3 Å². The molecule has 2 heterocycles. The summed E-state index contributed by atoms with van der Waals surface area (Å²) in [6.07, 6.45) is 6.44. The van der Waals surface area contributed by atoms with Gasteiger partial charge in [-0.3, -0.25) is 4.79 Å². The number of aromatic nitrogens is 2. The maximum absolute atomic E-state index is 12.3. The van der Waals surface area contributed by atoms with Crippen LogP contribution in [-0.2, 0) is 4.79 Å². The van der Waals surface area contributed by atoms with E-state index in [-0.39, 0.29) is 5.91 Å². The van der Waals surface area contributed by atoms with Crippen molar-refractivity contribution in [2.24, 2.45) is 5.92 Å². The number of benzene rings is 1. The molecule has 1 aliphatic rings. The van der Waals surface area contributed by atoms with Crippen LogP contribution in [0.15, 0.2) is 36.7 Å². The summed E-state index contributed by atoms with van der Waals surface area (Å²) in [7, 11) is 1.62. The van der Waals surface area contributed by atoms with E-state index in [4.69, 9.17) is 4.74 Å². The Morgan fingerprint density at radius 1 is 1.39 bits per heavy atom. The van der Waals surface area contributed by atoms with E-state index in [0.29, 0.717) is 18.1 Å². The number of hydrogen-bond acceptors (Lipinski definition) is 4. The highest BCUT2D eigenvalue weighted by atomic mass is 32.2. The van der Waals surface area contributed by atoms with Gasteiger partial charge in [0.05, 0.1) is 12.8 Å². The van der Waals surface area contributed by atoms with Crippen LogP contribution in [-0.4, -0.2) is 34.3 Å². The molecular weight excluding hydrogens is 310 g/mol. The number of rotatable bonds is 5. The minimum atomic E-state index is 0.0709. The first-order valence-electron chi connectivity index (χ1n) is 7.81. The Labute approximate surface area is 140 Å². The summed E-state index contributed by atoms with van der Waals surface area (Å²) < 4.78 is 7.08. The molecule has 1 amide bonds. The Morgan fingerprint density at radius 2 is 2.22 bits per heavy atom. The van der Waals surface area contributed by atoms with Gasteiger partial charge in [0.1, 0.15) is 5.75 Å². The normalized spacial score (nSPS) is 15.3. The molecule has 3 rings (SSSR count). The Bertz CT molecular complexity index is 652. The molecule has 0 bridgehead atoms. The lowest BCUT2D eigenvalue weighted by Gasteiger charge is -2.20. The Morgan fingerprint density at radius 3 is 2.91 bits per heavy atom. The summed E-state index contributed by atoms with van der Waals surface area (Å²) in [6.45, 7) is 0. The van der Waals surface area contributed by atoms with Crippen molar-refractivity contribution in [2.75, 3.05) is 23.9 Å². The maximum atomic E-state index is 12.3. The average molecular weight is 331 g/mol. The number of methoxy groups -OCH3 is 1. The van der Waals surface area contributed by atoms with E-state index in [0.717, 1.165) is 24.2 Å². The van der Waals surface area contributed by atoms with E-state index >= 15 is 0 Å². The highest BCUT2D eigenvalue weighted by Gasteiger charge is 2.17. The van der Waals surface area contributed by atoms with Crippen LogP contribution in [0.25, 0.3) is 5.69 Å². The van der Waals surface area contributed by atoms with Gasteiger partial charge >= 0.3 is 0 Å². The molecule has 2 aromatic rings. The van der Waals surface area contributed by atoms with Crippen LogP contribution < -0.4 is 10.1 Å². The topological polar surface area (TPSA) is 56.1 Å². The zero-order valence-corrected chi connectivity index (χ0v) is 14.0. The molecule has 1 N–H and O–H groups in total. The molecule has 1 aromatic heterocycles. The number of carbonyl (C=O) groups is 1. The SMILES string of the molecule is COc1cc(NC(=O)CC2CCSCC2)cc(-n2cccn2)c1. The molecule has 0 unspecified atom stereocenters. The summed E-state index contributed by atoms with van der Waals surface area (Å²) >= 11 is 1.98. The van der Waals surface area contributed by atoms with Crippen molar-refractivity contribution in [3.05, 3.63) is 36.7 Å². The molecule has 5 nitrogen and oxygen atoms in total. The number of ether oxygens (including phenoxy) is 1. The van der Waals surface area contributed by atoms with Crippen LogP contribution in [0.2, 0.25) is 0 Å². The van der Waals surface area contributed by atoms with E-state index in [9.17, 15) is 4.79 Å². The first kappa shape index (κ1) is 15.9. The predicted octanol–water partition coefficient (Wildman–Crippen LogP) is 3.35. The Kier molecular flexibility index (Phi) is 5.23. The minimum Gasteiger partial charge on any atom is -0.497 e. The van der Waals surface area contributed by atoms with E-state index in [2.05, 4.69) is 10.4 Å². The smallest absolute Gasteiger partial charge is 0.224 e. The highest BCUT2D eigenvalue weighted by Crippen LogP contribution is 2.27. The maximum Gasteiger partial charge on any atom is 0.224 e. The van der Waals surface area contributed by atoms with Gasteiger partial charge in [-0.25, -0.2) is 4.68 Å². The number of amides is 1. The van der Waals surface area contributed by atoms with Crippen LogP contribution in [0.4, 0.5) is 5.69 Å². The van der Waals surface area contributed by atoms with Crippen molar-refractivity contribution < 1.29 is 9.53 Å². The molecule has 23 heavy (non-hydrogen) atoms. The van der Waals surface area contributed by atoms with Crippen molar-refractivity contribution in [3.63, 3.8) is 0 Å². The highest BCUT2D eigenvalue weighted by molar-refractivity contribution is 7.99. The molecule has 1 fully saturated rings. The fourth-order valence-electron chi connectivity index (χ4n) is 2.75. The molecule has 1 aliphatic heterocycles. The lowest BCUT2D eigenvalue weighted by molar-refractivity contribution is -0.117. The van der Waals surface area contributed by atoms with Gasteiger partial charge < -0.3 is 10.1 Å². The van der Waals surface area contributed by atoms with Gasteiger partial charge in [0.25, 0.3) is 0 Å². The Balaban J connectivity index is 1.71. The third-order valence-electron chi connectivity index (χ3n) is 3.99. The van der Waals surface area contributed by atoms with E-state index in [1.54, 1.807) is 18.0 Å². The summed E-state index contributed by atoms with van der Waals surface area (Å²) in [4.78, 5) is 12.3. The van der Waals surface area contributed by atoms with Crippen molar-refractivity contribution >= 4 is 23.4 Å². The average Bonchev–Trinajstić information content (AvgIpc) is 3.10. The van der Waals surface area contributed by atoms with Crippen molar-refractivity contribution in [3.8, 4) is 11.4 Å². The minimum absolute atomic E-state index is 0.0709. The molecule has 122 valence electrons. The van der Waals surface area contributed by atoms with Crippen LogP contribution >= 0.6 is 11.8 Å². The van der Waals surface area contributed by atoms with E-state index in [1.165, 1.54) is 11.5 Å². The summed E-state index contributed by atoms with van der Waals surface area (Å²) in [5.41, 5.74) is 1.60. The number of hydrogen-bond donors (Lipinski definition) is 1. The third kappa shape index (κ3) is 4.28. The quantitative estimate of drug-likeness (QED) is 0.913. The van der Waals surface area contributed by atoms with Crippen LogP contribution in [0.5, 0.6) is 5.75 Å². The van der Waals surface area contributed by atoms with Gasteiger partial charge in [-0.1, -0.05) is 0 Å². The second-order valence-corrected chi connectivity index (χ2v) is 6.90. The van der Waals surface area contributed by atoms with Crippen LogP contribution in [0.3, 0.4) is 0 Å². The third-order valence-corrected chi connectivity index (χ3v) is 5.04. The molecule has 6 heteroatoms. The van der Waals surface area contributed by atoms with E-state index in [1.807, 2.05) is 42.2 Å². The van der Waals surface area contributed by atoms with Gasteiger partial charge in [0.2, 0.25) is 5.91 Å². The van der Waals surface area contributed by atoms with Gasteiger partial charge in [0.15, 0.2) is 0 Å². The standard InChI is InChI=1S/C17H21N3O2S/c1-22-16-11-14(10-15(12-16)20-6-2-5-18-20)19-17(21)9-13-3-7-23-8-4-13/h2,5-6,10-13H,3-4,7-9H2,1H3,(H,19,21). The zero-order chi connectivity index (χ0) is 16.1. The van der Waals surface area contributed by atoms with Crippen molar-refractivity contribution in [1.82, 2.24) is 9.78 Å². The number of thioether (sulfide) groups is 1. The number of nitrogens with one attached hydrogen (secondary N) is 1. The van der Waals surface area contributed by atoms with Gasteiger partial charge in [-0.05, 0) is 42.4 Å². The molecule has 0 spiro atoms. The van der Waals surface area contributed by atoms with E-state index < -0.39 is 0 Å². The fourth-order valence-corrected chi connectivity index (χ4v) is 3.96. The Hall–Kier alpha value is -1.95. The number of carbonyl (C=O) groups excluding carboxylic acids is 1. The number of anilines is 1. The monoisotopic (exact) mass is 331 g/mol. The van der Waals surface area contributed by atoms with Gasteiger partial charge in [0, 0.05) is 36.6 Å². The lowest BCUT2D eigenvalue weighted by Crippen LogP contribution is -2.19. The lowest BCUT2D eigenvalue weighted by atomic mass is 9.98. The van der Waals surface area contributed by atoms with Crippen LogP contribution in [0, 0.1) is 5.92 Å². The largest absolute Gasteiger partial charge is 0.497 e. The molecular formula is C17H21N3O2S. The first-order valence-corrected chi connectivity index (χ1v) is 8.97. The second kappa shape index (κ2) is 7.55. The molecule has 0 aliphatic carbocycles. The molecule has 0 atom stereocenters. The first-order chi connectivity index (χ1) is 11.2. The summed E-state index contributed by atoms with van der Waals surface area (Å²) in [6, 6.07) is 7.49. The molecule has 1 saturated heterocycles. The van der Waals surface area contributed by atoms with Crippen molar-refractivity contribution in [1.29, 1.82) is 0 Å². The predicted molar refractivity (Wildman–Crippen MR) is 93.4 cm³/mol. The molecule has 1 aromatic carbocycles.